The van der Waals surface area contributed by atoms with Gasteiger partial charge in [-0.3, -0.25) is 0 Å². The Bertz CT molecular complexity index is 426. The molecule has 0 aliphatic carbocycles. The van der Waals surface area contributed by atoms with Crippen LogP contribution >= 0.6 is 15.9 Å². The molecule has 0 aliphatic heterocycles. The topological polar surface area (TPSA) is 34.1 Å². The largest absolute Gasteiger partial charge is 0.229 e. The van der Waals surface area contributed by atoms with Crippen molar-refractivity contribution in [3.63, 3.8) is 0 Å². The Morgan fingerprint density at radius 2 is 1.93 bits per heavy atom. The second-order valence-electron chi connectivity index (χ2n) is 3.82. The Morgan fingerprint density at radius 3 is 2.47 bits per heavy atom. The average molecular weight is 291 g/mol. The molecule has 84 valence electrons. The van der Waals surface area contributed by atoms with Crippen molar-refractivity contribution in [1.82, 2.24) is 0 Å². The van der Waals surface area contributed by atoms with Crippen LogP contribution in [0.3, 0.4) is 0 Å². The van der Waals surface area contributed by atoms with Crippen LogP contribution in [0.1, 0.15) is 11.1 Å². The van der Waals surface area contributed by atoms with Crippen molar-refractivity contribution in [3.8, 4) is 0 Å². The summed E-state index contributed by atoms with van der Waals surface area (Å²) >= 11 is 3.41. The fourth-order valence-corrected chi connectivity index (χ4v) is 4.03. The molecule has 15 heavy (non-hydrogen) atoms. The van der Waals surface area contributed by atoms with Crippen molar-refractivity contribution in [1.29, 1.82) is 0 Å². The number of sulfone groups is 1. The molecule has 0 aromatic heterocycles. The number of rotatable bonds is 4. The third-order valence-corrected chi connectivity index (χ3v) is 4.27. The van der Waals surface area contributed by atoms with Crippen molar-refractivity contribution >= 4 is 25.8 Å². The van der Waals surface area contributed by atoms with Gasteiger partial charge in [-0.05, 0) is 24.5 Å². The van der Waals surface area contributed by atoms with E-state index in [4.69, 9.17) is 0 Å². The monoisotopic (exact) mass is 290 g/mol. The van der Waals surface area contributed by atoms with Crippen LogP contribution in [-0.2, 0) is 16.3 Å². The van der Waals surface area contributed by atoms with Crippen LogP contribution in [0.15, 0.2) is 24.3 Å². The molecule has 0 heterocycles. The first-order valence-electron chi connectivity index (χ1n) is 4.75. The van der Waals surface area contributed by atoms with Crippen LogP contribution in [0.25, 0.3) is 0 Å². The maximum Gasteiger partial charge on any atom is 0.148 e. The minimum absolute atomic E-state index is 0.00593. The lowest BCUT2D eigenvalue weighted by molar-refractivity contribution is 0.600. The molecule has 1 rings (SSSR count). The number of hydrogen-bond donors (Lipinski definition) is 0. The van der Waals surface area contributed by atoms with Gasteiger partial charge in [0.05, 0.1) is 5.75 Å². The van der Waals surface area contributed by atoms with Crippen LogP contribution in [0.2, 0.25) is 0 Å². The van der Waals surface area contributed by atoms with E-state index in [-0.39, 0.29) is 10.6 Å². The Hall–Kier alpha value is -0.350. The zero-order valence-corrected chi connectivity index (χ0v) is 11.3. The number of aryl methyl sites for hydroxylation is 1. The summed E-state index contributed by atoms with van der Waals surface area (Å²) in [6.07, 6.45) is 2.01. The summed E-state index contributed by atoms with van der Waals surface area (Å²) in [4.78, 5) is -0.00593. The Labute approximate surface area is 99.7 Å². The first kappa shape index (κ1) is 12.7. The lowest BCUT2D eigenvalue weighted by Crippen LogP contribution is -2.17. The summed E-state index contributed by atoms with van der Waals surface area (Å²) in [7, 11) is -2.90. The molecule has 0 N–H and O–H groups in total. The van der Waals surface area contributed by atoms with E-state index in [2.05, 4.69) is 15.9 Å². The maximum absolute atomic E-state index is 11.1. The molecule has 0 amide bonds. The number of alkyl halides is 1. The summed E-state index contributed by atoms with van der Waals surface area (Å²) in [5.41, 5.74) is 2.40. The molecule has 0 saturated carbocycles. The van der Waals surface area contributed by atoms with E-state index in [1.807, 2.05) is 31.2 Å². The minimum Gasteiger partial charge on any atom is -0.229 e. The van der Waals surface area contributed by atoms with Gasteiger partial charge in [-0.15, -0.1) is 0 Å². The van der Waals surface area contributed by atoms with Crippen molar-refractivity contribution in [2.75, 3.05) is 12.0 Å². The van der Waals surface area contributed by atoms with Gasteiger partial charge in [0.2, 0.25) is 0 Å². The minimum atomic E-state index is -2.90. The lowest BCUT2D eigenvalue weighted by Gasteiger charge is -2.10. The standard InChI is InChI=1S/C11H15BrO2S/c1-9-5-3-4-6-10(9)7-11(12)8-15(2,13)14/h3-6,11H,7-8H2,1-2H3. The van der Waals surface area contributed by atoms with E-state index < -0.39 is 9.84 Å². The fourth-order valence-electron chi connectivity index (χ4n) is 1.47. The average Bonchev–Trinajstić information content (AvgIpc) is 2.05. The molecule has 0 radical (unpaired) electrons. The van der Waals surface area contributed by atoms with E-state index in [0.29, 0.717) is 0 Å². The zero-order chi connectivity index (χ0) is 11.5. The zero-order valence-electron chi connectivity index (χ0n) is 8.90. The van der Waals surface area contributed by atoms with Crippen LogP contribution in [0.4, 0.5) is 0 Å². The molecule has 1 aromatic carbocycles. The highest BCUT2D eigenvalue weighted by Crippen LogP contribution is 2.15. The molecule has 0 spiro atoms. The van der Waals surface area contributed by atoms with Gasteiger partial charge in [-0.1, -0.05) is 40.2 Å². The fraction of sp³-hybridized carbons (Fsp3) is 0.455. The van der Waals surface area contributed by atoms with E-state index in [0.717, 1.165) is 6.42 Å². The molecular formula is C11H15BrO2S. The SMILES string of the molecule is Cc1ccccc1CC(Br)CS(C)(=O)=O. The van der Waals surface area contributed by atoms with Gasteiger partial charge in [0.25, 0.3) is 0 Å². The number of halogens is 1. The molecule has 4 heteroatoms. The van der Waals surface area contributed by atoms with Gasteiger partial charge in [0, 0.05) is 11.1 Å². The molecule has 0 fully saturated rings. The van der Waals surface area contributed by atoms with Gasteiger partial charge < -0.3 is 0 Å². The van der Waals surface area contributed by atoms with Gasteiger partial charge >= 0.3 is 0 Å². The van der Waals surface area contributed by atoms with Crippen LogP contribution in [0, 0.1) is 6.92 Å². The summed E-state index contributed by atoms with van der Waals surface area (Å²) in [6, 6.07) is 8.03. The summed E-state index contributed by atoms with van der Waals surface area (Å²) in [6.45, 7) is 2.04. The number of benzene rings is 1. The second-order valence-corrected chi connectivity index (χ2v) is 7.30. The van der Waals surface area contributed by atoms with Crippen LogP contribution in [-0.4, -0.2) is 25.3 Å². The lowest BCUT2D eigenvalue weighted by atomic mass is 10.0. The quantitative estimate of drug-likeness (QED) is 0.798. The number of hydrogen-bond acceptors (Lipinski definition) is 2. The summed E-state index contributed by atoms with van der Waals surface area (Å²) < 4.78 is 22.2. The van der Waals surface area contributed by atoms with Crippen LogP contribution < -0.4 is 0 Å². The molecule has 0 aliphatic rings. The van der Waals surface area contributed by atoms with E-state index in [1.54, 1.807) is 0 Å². The third-order valence-electron chi connectivity index (χ3n) is 2.19. The van der Waals surface area contributed by atoms with Gasteiger partial charge in [-0.2, -0.15) is 0 Å². The van der Waals surface area contributed by atoms with Crippen molar-refractivity contribution < 1.29 is 8.42 Å². The van der Waals surface area contributed by atoms with Crippen molar-refractivity contribution in [2.24, 2.45) is 0 Å². The Morgan fingerprint density at radius 1 is 1.33 bits per heavy atom. The van der Waals surface area contributed by atoms with Crippen molar-refractivity contribution in [2.45, 2.75) is 18.2 Å². The van der Waals surface area contributed by atoms with E-state index >= 15 is 0 Å². The molecule has 0 bridgehead atoms. The molecule has 0 saturated heterocycles. The predicted molar refractivity (Wildman–Crippen MR) is 67.3 cm³/mol. The third kappa shape index (κ3) is 4.80. The predicted octanol–water partition coefficient (Wildman–Crippen LogP) is 2.35. The summed E-state index contributed by atoms with van der Waals surface area (Å²) in [5, 5.41) is 0. The van der Waals surface area contributed by atoms with Crippen LogP contribution in [0.5, 0.6) is 0 Å². The second kappa shape index (κ2) is 5.12. The molecule has 2 nitrogen and oxygen atoms in total. The van der Waals surface area contributed by atoms with E-state index in [1.165, 1.54) is 17.4 Å². The smallest absolute Gasteiger partial charge is 0.148 e. The molecule has 1 unspecified atom stereocenters. The maximum atomic E-state index is 11.1. The first-order chi connectivity index (χ1) is 6.88. The van der Waals surface area contributed by atoms with Gasteiger partial charge in [0.15, 0.2) is 0 Å². The highest BCUT2D eigenvalue weighted by Gasteiger charge is 2.13. The Balaban J connectivity index is 2.67. The van der Waals surface area contributed by atoms with E-state index in [9.17, 15) is 8.42 Å². The first-order valence-corrected chi connectivity index (χ1v) is 7.72. The highest BCUT2D eigenvalue weighted by molar-refractivity contribution is 9.09. The van der Waals surface area contributed by atoms with Gasteiger partial charge in [-0.25, -0.2) is 8.42 Å². The molecular weight excluding hydrogens is 276 g/mol. The normalized spacial score (nSPS) is 13.8. The van der Waals surface area contributed by atoms with Gasteiger partial charge in [0.1, 0.15) is 9.84 Å². The Kier molecular flexibility index (Phi) is 4.34. The summed E-state index contributed by atoms with van der Waals surface area (Å²) in [5.74, 6) is 0.182. The molecule has 1 aromatic rings. The van der Waals surface area contributed by atoms with Crippen molar-refractivity contribution in [3.05, 3.63) is 35.4 Å². The molecule has 1 atom stereocenters. The highest BCUT2D eigenvalue weighted by atomic mass is 79.9.